The fourth-order valence-corrected chi connectivity index (χ4v) is 4.10. The summed E-state index contributed by atoms with van der Waals surface area (Å²) in [6, 6.07) is 11.3. The van der Waals surface area contributed by atoms with Gasteiger partial charge < -0.3 is 15.1 Å². The van der Waals surface area contributed by atoms with Crippen LogP contribution < -0.4 is 10.2 Å². The van der Waals surface area contributed by atoms with E-state index in [1.807, 2.05) is 12.1 Å². The molecule has 1 amide bonds. The van der Waals surface area contributed by atoms with E-state index in [9.17, 15) is 4.79 Å². The number of hydrogen-bond donors (Lipinski definition) is 1. The van der Waals surface area contributed by atoms with Gasteiger partial charge in [-0.25, -0.2) is 4.52 Å². The third-order valence-electron chi connectivity index (χ3n) is 5.57. The zero-order chi connectivity index (χ0) is 20.7. The number of rotatable bonds is 3. The fraction of sp³-hybridized carbons (Fsp3) is 0.227. The zero-order valence-corrected chi connectivity index (χ0v) is 17.3. The maximum atomic E-state index is 12.9. The number of halogens is 1. The van der Waals surface area contributed by atoms with Crippen LogP contribution >= 0.6 is 11.6 Å². The average molecular weight is 421 g/mol. The molecule has 1 aliphatic rings. The predicted octanol–water partition coefficient (Wildman–Crippen LogP) is 3.54. The third kappa shape index (κ3) is 3.36. The quantitative estimate of drug-likeness (QED) is 0.549. The Kier molecular flexibility index (Phi) is 4.77. The van der Waals surface area contributed by atoms with Crippen LogP contribution in [0.5, 0.6) is 0 Å². The highest BCUT2D eigenvalue weighted by molar-refractivity contribution is 6.33. The summed E-state index contributed by atoms with van der Waals surface area (Å²) in [6.07, 6.45) is 5.35. The molecular formula is C22H21ClN6O. The number of fused-ring (bicyclic) bond motifs is 2. The second-order valence-corrected chi connectivity index (χ2v) is 7.92. The lowest BCUT2D eigenvalue weighted by Crippen LogP contribution is -2.44. The minimum Gasteiger partial charge on any atom is -0.368 e. The normalized spacial score (nSPS) is 15.1. The number of carbonyl (C=O) groups excluding carboxylic acids is 1. The van der Waals surface area contributed by atoms with Gasteiger partial charge in [-0.3, -0.25) is 9.78 Å². The number of pyridine rings is 2. The van der Waals surface area contributed by atoms with E-state index in [1.54, 1.807) is 41.3 Å². The topological polar surface area (TPSA) is 65.8 Å². The molecule has 4 aromatic rings. The number of anilines is 2. The molecule has 5 rings (SSSR count). The van der Waals surface area contributed by atoms with Gasteiger partial charge >= 0.3 is 0 Å². The Labute approximate surface area is 178 Å². The van der Waals surface area contributed by atoms with Crippen LogP contribution in [0.25, 0.3) is 16.3 Å². The van der Waals surface area contributed by atoms with Crippen molar-refractivity contribution < 1.29 is 4.79 Å². The van der Waals surface area contributed by atoms with E-state index >= 15 is 0 Å². The van der Waals surface area contributed by atoms with E-state index in [0.29, 0.717) is 21.9 Å². The van der Waals surface area contributed by atoms with Gasteiger partial charge in [-0.1, -0.05) is 11.6 Å². The summed E-state index contributed by atoms with van der Waals surface area (Å²) in [4.78, 5) is 21.9. The highest BCUT2D eigenvalue weighted by atomic mass is 35.5. The third-order valence-corrected chi connectivity index (χ3v) is 5.89. The van der Waals surface area contributed by atoms with Gasteiger partial charge in [0.25, 0.3) is 5.91 Å². The molecule has 0 atom stereocenters. The van der Waals surface area contributed by atoms with Crippen molar-refractivity contribution >= 4 is 45.2 Å². The number of piperazine rings is 1. The first kappa shape index (κ1) is 18.8. The molecule has 30 heavy (non-hydrogen) atoms. The van der Waals surface area contributed by atoms with Crippen molar-refractivity contribution in [3.8, 4) is 0 Å². The van der Waals surface area contributed by atoms with E-state index in [4.69, 9.17) is 11.6 Å². The summed E-state index contributed by atoms with van der Waals surface area (Å²) in [7, 11) is 2.14. The molecule has 0 spiro atoms. The largest absolute Gasteiger partial charge is 0.368 e. The van der Waals surface area contributed by atoms with Crippen molar-refractivity contribution in [3.05, 3.63) is 65.7 Å². The van der Waals surface area contributed by atoms with Gasteiger partial charge in [-0.2, -0.15) is 5.10 Å². The molecule has 4 heterocycles. The Morgan fingerprint density at radius 1 is 1.10 bits per heavy atom. The van der Waals surface area contributed by atoms with Crippen LogP contribution in [0.1, 0.15) is 10.5 Å². The number of hydrogen-bond acceptors (Lipinski definition) is 5. The van der Waals surface area contributed by atoms with Crippen LogP contribution in [-0.2, 0) is 0 Å². The summed E-state index contributed by atoms with van der Waals surface area (Å²) >= 11 is 6.21. The first-order valence-corrected chi connectivity index (χ1v) is 10.2. The number of aromatic nitrogens is 3. The first-order chi connectivity index (χ1) is 14.6. The predicted molar refractivity (Wildman–Crippen MR) is 120 cm³/mol. The minimum atomic E-state index is -0.285. The molecule has 7 nitrogen and oxygen atoms in total. The summed E-state index contributed by atoms with van der Waals surface area (Å²) in [5.41, 5.74) is 2.88. The van der Waals surface area contributed by atoms with E-state index in [0.717, 1.165) is 42.6 Å². The van der Waals surface area contributed by atoms with E-state index in [-0.39, 0.29) is 5.91 Å². The Bertz CT molecular complexity index is 1250. The molecule has 1 aromatic carbocycles. The number of carbonyl (C=O) groups is 1. The molecule has 1 N–H and O–H groups in total. The lowest BCUT2D eigenvalue weighted by molar-refractivity contribution is 0.102. The summed E-state index contributed by atoms with van der Waals surface area (Å²) in [5, 5.41) is 9.87. The van der Waals surface area contributed by atoms with Crippen LogP contribution in [0, 0.1) is 0 Å². The smallest absolute Gasteiger partial charge is 0.276 e. The maximum absolute atomic E-state index is 12.9. The molecular weight excluding hydrogens is 400 g/mol. The number of amides is 1. The van der Waals surface area contributed by atoms with Gasteiger partial charge in [0.2, 0.25) is 0 Å². The standard InChI is InChI=1S/C22H21ClN6O/c1-27-9-11-28(12-10-27)20-5-4-18(16-14-24-7-6-15(16)20)25-22(30)19-13-21-17(23)3-2-8-29(21)26-19/h2-8,13-14H,9-12H2,1H3,(H,25,30). The van der Waals surface area contributed by atoms with Gasteiger partial charge in [0.05, 0.1) is 16.2 Å². The van der Waals surface area contributed by atoms with Crippen molar-refractivity contribution in [3.63, 3.8) is 0 Å². The lowest BCUT2D eigenvalue weighted by atomic mass is 10.1. The maximum Gasteiger partial charge on any atom is 0.276 e. The second kappa shape index (κ2) is 7.59. The molecule has 1 aliphatic heterocycles. The van der Waals surface area contributed by atoms with Gasteiger partial charge in [0.15, 0.2) is 5.69 Å². The summed E-state index contributed by atoms with van der Waals surface area (Å²) in [6.45, 7) is 4.01. The average Bonchev–Trinajstić information content (AvgIpc) is 3.21. The van der Waals surface area contributed by atoms with E-state index in [2.05, 4.69) is 38.3 Å². The van der Waals surface area contributed by atoms with E-state index in [1.165, 1.54) is 0 Å². The zero-order valence-electron chi connectivity index (χ0n) is 16.5. The summed E-state index contributed by atoms with van der Waals surface area (Å²) in [5.74, 6) is -0.285. The highest BCUT2D eigenvalue weighted by Gasteiger charge is 2.19. The molecule has 0 unspecified atom stereocenters. The molecule has 0 radical (unpaired) electrons. The van der Waals surface area contributed by atoms with Gasteiger partial charge in [0, 0.05) is 61.2 Å². The number of likely N-dealkylation sites (N-methyl/N-ethyl adjacent to an activating group) is 1. The van der Waals surface area contributed by atoms with Gasteiger partial charge in [-0.05, 0) is 43.4 Å². The SMILES string of the molecule is CN1CCN(c2ccc(NC(=O)c3cc4c(Cl)cccn4n3)c3cnccc23)CC1. The first-order valence-electron chi connectivity index (χ1n) is 9.85. The molecule has 152 valence electrons. The lowest BCUT2D eigenvalue weighted by Gasteiger charge is -2.34. The number of benzene rings is 1. The van der Waals surface area contributed by atoms with Gasteiger partial charge in [0.1, 0.15) is 0 Å². The molecule has 0 saturated carbocycles. The molecule has 0 bridgehead atoms. The summed E-state index contributed by atoms with van der Waals surface area (Å²) < 4.78 is 1.60. The van der Waals surface area contributed by atoms with Crippen LogP contribution in [0.3, 0.4) is 0 Å². The van der Waals surface area contributed by atoms with Crippen molar-refractivity contribution in [1.82, 2.24) is 19.5 Å². The molecule has 1 fully saturated rings. The van der Waals surface area contributed by atoms with Crippen LogP contribution in [0.4, 0.5) is 11.4 Å². The highest BCUT2D eigenvalue weighted by Crippen LogP contribution is 2.32. The van der Waals surface area contributed by atoms with Crippen molar-refractivity contribution in [2.75, 3.05) is 43.4 Å². The Hall–Kier alpha value is -3.16. The monoisotopic (exact) mass is 420 g/mol. The van der Waals surface area contributed by atoms with Gasteiger partial charge in [-0.15, -0.1) is 0 Å². The van der Waals surface area contributed by atoms with Crippen LogP contribution in [0.2, 0.25) is 5.02 Å². The number of nitrogens with one attached hydrogen (secondary N) is 1. The van der Waals surface area contributed by atoms with Crippen molar-refractivity contribution in [2.24, 2.45) is 0 Å². The number of nitrogens with zero attached hydrogens (tertiary/aromatic N) is 5. The fourth-order valence-electron chi connectivity index (χ4n) is 3.88. The molecule has 0 aliphatic carbocycles. The Morgan fingerprint density at radius 2 is 1.93 bits per heavy atom. The Balaban J connectivity index is 1.48. The van der Waals surface area contributed by atoms with E-state index < -0.39 is 0 Å². The molecule has 1 saturated heterocycles. The van der Waals surface area contributed by atoms with Crippen molar-refractivity contribution in [2.45, 2.75) is 0 Å². The Morgan fingerprint density at radius 3 is 2.73 bits per heavy atom. The van der Waals surface area contributed by atoms with Crippen LogP contribution in [-0.4, -0.2) is 58.6 Å². The molecule has 3 aromatic heterocycles. The minimum absolute atomic E-state index is 0.285. The second-order valence-electron chi connectivity index (χ2n) is 7.51. The van der Waals surface area contributed by atoms with Crippen LogP contribution in [0.15, 0.2) is 55.0 Å². The molecule has 8 heteroatoms. The van der Waals surface area contributed by atoms with Crippen molar-refractivity contribution in [1.29, 1.82) is 0 Å².